The number of nitrogens with one attached hydrogen (secondary N) is 2. The first-order valence-electron chi connectivity index (χ1n) is 9.83. The van der Waals surface area contributed by atoms with Gasteiger partial charge in [0.05, 0.1) is 17.9 Å². The van der Waals surface area contributed by atoms with Crippen LogP contribution in [0.4, 0.5) is 11.5 Å². The number of carbonyl (C=O) groups is 2. The molecule has 1 aliphatic rings. The fourth-order valence-corrected chi connectivity index (χ4v) is 3.97. The Morgan fingerprint density at radius 1 is 1.24 bits per heavy atom. The number of piperidine rings is 1. The molecule has 1 aliphatic heterocycles. The van der Waals surface area contributed by atoms with E-state index >= 15 is 0 Å². The molecule has 0 spiro atoms. The maximum absolute atomic E-state index is 13.1. The summed E-state index contributed by atoms with van der Waals surface area (Å²) in [6.45, 7) is 4.47. The molecular formula is C22H25N5O2. The molecule has 0 radical (unpaired) electrons. The van der Waals surface area contributed by atoms with E-state index in [9.17, 15) is 9.59 Å². The van der Waals surface area contributed by atoms with E-state index in [1.807, 2.05) is 24.4 Å². The second-order valence-electron chi connectivity index (χ2n) is 7.86. The summed E-state index contributed by atoms with van der Waals surface area (Å²) in [4.78, 5) is 34.7. The highest BCUT2D eigenvalue weighted by molar-refractivity contribution is 6.39. The SMILES string of the molecule is Cc1cc(NC(=O)C(=O)N2C[C@@H](C)CCC2c2ccc3[nH]ccc3c2)cnc1N. The van der Waals surface area contributed by atoms with Gasteiger partial charge in [-0.2, -0.15) is 0 Å². The van der Waals surface area contributed by atoms with Gasteiger partial charge >= 0.3 is 11.8 Å². The van der Waals surface area contributed by atoms with E-state index in [0.29, 0.717) is 24.0 Å². The van der Waals surface area contributed by atoms with Crippen molar-refractivity contribution in [2.45, 2.75) is 32.7 Å². The average molecular weight is 391 g/mol. The van der Waals surface area contributed by atoms with Crippen LogP contribution in [0.5, 0.6) is 0 Å². The summed E-state index contributed by atoms with van der Waals surface area (Å²) < 4.78 is 0. The number of H-pyrrole nitrogens is 1. The predicted octanol–water partition coefficient (Wildman–Crippen LogP) is 3.39. The van der Waals surface area contributed by atoms with Crippen LogP contribution in [0.1, 0.15) is 36.9 Å². The molecule has 7 nitrogen and oxygen atoms in total. The predicted molar refractivity (Wildman–Crippen MR) is 113 cm³/mol. The lowest BCUT2D eigenvalue weighted by molar-refractivity contribution is -0.146. The molecule has 0 bridgehead atoms. The standard InChI is InChI=1S/C22H25N5O2/c1-13-3-6-19(16-4-5-18-15(10-16)7-8-24-18)27(12-13)22(29)21(28)26-17-9-14(2)20(23)25-11-17/h4-5,7-11,13,19,24H,3,6,12H2,1-2H3,(H2,23,25)(H,26,28)/t13-,19?/m0/s1. The second-order valence-corrected chi connectivity index (χ2v) is 7.86. The van der Waals surface area contributed by atoms with Crippen molar-refractivity contribution in [1.29, 1.82) is 0 Å². The van der Waals surface area contributed by atoms with E-state index in [4.69, 9.17) is 5.73 Å². The highest BCUT2D eigenvalue weighted by atomic mass is 16.2. The van der Waals surface area contributed by atoms with Crippen molar-refractivity contribution in [3.8, 4) is 0 Å². The molecule has 150 valence electrons. The van der Waals surface area contributed by atoms with Crippen LogP contribution in [0.15, 0.2) is 42.7 Å². The molecule has 3 aromatic rings. The van der Waals surface area contributed by atoms with Crippen molar-refractivity contribution in [2.24, 2.45) is 5.92 Å². The second kappa shape index (κ2) is 7.58. The zero-order valence-corrected chi connectivity index (χ0v) is 16.6. The topological polar surface area (TPSA) is 104 Å². The number of pyridine rings is 1. The summed E-state index contributed by atoms with van der Waals surface area (Å²) >= 11 is 0. The molecular weight excluding hydrogens is 366 g/mol. The summed E-state index contributed by atoms with van der Waals surface area (Å²) in [6.07, 6.45) is 5.21. The minimum atomic E-state index is -0.655. The van der Waals surface area contributed by atoms with Gasteiger partial charge in [0, 0.05) is 18.3 Å². The fraction of sp³-hybridized carbons (Fsp3) is 0.318. The number of likely N-dealkylation sites (tertiary alicyclic amines) is 1. The molecule has 4 N–H and O–H groups in total. The fourth-order valence-electron chi connectivity index (χ4n) is 3.97. The molecule has 1 aromatic carbocycles. The summed E-state index contributed by atoms with van der Waals surface area (Å²) in [6, 6.07) is 9.76. The Morgan fingerprint density at radius 3 is 2.86 bits per heavy atom. The van der Waals surface area contributed by atoms with E-state index in [2.05, 4.69) is 28.3 Å². The van der Waals surface area contributed by atoms with Gasteiger partial charge in [-0.3, -0.25) is 9.59 Å². The lowest BCUT2D eigenvalue weighted by atomic mass is 9.89. The number of hydrogen-bond donors (Lipinski definition) is 3. The van der Waals surface area contributed by atoms with Crippen molar-refractivity contribution in [3.63, 3.8) is 0 Å². The number of amides is 2. The van der Waals surface area contributed by atoms with Crippen LogP contribution < -0.4 is 11.1 Å². The van der Waals surface area contributed by atoms with Gasteiger partial charge in [-0.05, 0) is 66.5 Å². The number of aryl methyl sites for hydroxylation is 1. The quantitative estimate of drug-likeness (QED) is 0.583. The first-order chi connectivity index (χ1) is 13.9. The van der Waals surface area contributed by atoms with E-state index in [1.165, 1.54) is 6.20 Å². The monoisotopic (exact) mass is 391 g/mol. The lowest BCUT2D eigenvalue weighted by Crippen LogP contribution is -2.46. The molecule has 1 saturated heterocycles. The number of fused-ring (bicyclic) bond motifs is 1. The third kappa shape index (κ3) is 3.81. The largest absolute Gasteiger partial charge is 0.383 e. The maximum atomic E-state index is 13.1. The zero-order valence-electron chi connectivity index (χ0n) is 16.6. The van der Waals surface area contributed by atoms with Crippen molar-refractivity contribution < 1.29 is 9.59 Å². The van der Waals surface area contributed by atoms with E-state index in [0.717, 1.165) is 34.9 Å². The minimum Gasteiger partial charge on any atom is -0.383 e. The molecule has 0 aliphatic carbocycles. The lowest BCUT2D eigenvalue weighted by Gasteiger charge is -2.38. The van der Waals surface area contributed by atoms with E-state index in [1.54, 1.807) is 17.9 Å². The number of hydrogen-bond acceptors (Lipinski definition) is 4. The minimum absolute atomic E-state index is 0.116. The molecule has 2 aromatic heterocycles. The van der Waals surface area contributed by atoms with Crippen LogP contribution in [0.25, 0.3) is 10.9 Å². The molecule has 0 saturated carbocycles. The number of anilines is 2. The molecule has 4 rings (SSSR count). The van der Waals surface area contributed by atoms with Gasteiger partial charge in [0.15, 0.2) is 0 Å². The first kappa shape index (κ1) is 19.0. The van der Waals surface area contributed by atoms with Crippen molar-refractivity contribution in [2.75, 3.05) is 17.6 Å². The van der Waals surface area contributed by atoms with Crippen LogP contribution in [-0.4, -0.2) is 33.2 Å². The van der Waals surface area contributed by atoms with Gasteiger partial charge in [0.1, 0.15) is 5.82 Å². The van der Waals surface area contributed by atoms with Crippen LogP contribution >= 0.6 is 0 Å². The van der Waals surface area contributed by atoms with Gasteiger partial charge < -0.3 is 20.9 Å². The number of rotatable bonds is 2. The normalized spacial score (nSPS) is 19.3. The van der Waals surface area contributed by atoms with Gasteiger partial charge in [-0.25, -0.2) is 4.98 Å². The molecule has 3 heterocycles. The van der Waals surface area contributed by atoms with E-state index < -0.39 is 11.8 Å². The number of carbonyl (C=O) groups excluding carboxylic acids is 2. The van der Waals surface area contributed by atoms with Gasteiger partial charge in [-0.15, -0.1) is 0 Å². The molecule has 7 heteroatoms. The van der Waals surface area contributed by atoms with Crippen LogP contribution in [-0.2, 0) is 9.59 Å². The van der Waals surface area contributed by atoms with Crippen LogP contribution in [0, 0.1) is 12.8 Å². The Hall–Kier alpha value is -3.35. The number of nitrogens with zero attached hydrogens (tertiary/aromatic N) is 2. The highest BCUT2D eigenvalue weighted by Gasteiger charge is 2.34. The molecule has 2 amide bonds. The smallest absolute Gasteiger partial charge is 0.313 e. The van der Waals surface area contributed by atoms with Crippen LogP contribution in [0.3, 0.4) is 0 Å². The highest BCUT2D eigenvalue weighted by Crippen LogP contribution is 2.34. The van der Waals surface area contributed by atoms with E-state index in [-0.39, 0.29) is 6.04 Å². The number of nitrogens with two attached hydrogens (primary N) is 1. The summed E-state index contributed by atoms with van der Waals surface area (Å²) in [5.41, 5.74) is 9.04. The molecule has 2 atom stereocenters. The number of aromatic nitrogens is 2. The maximum Gasteiger partial charge on any atom is 0.313 e. The van der Waals surface area contributed by atoms with Crippen molar-refractivity contribution >= 4 is 34.2 Å². The molecule has 29 heavy (non-hydrogen) atoms. The number of nitrogen functional groups attached to an aromatic ring is 1. The Kier molecular flexibility index (Phi) is 4.96. The average Bonchev–Trinajstić information content (AvgIpc) is 3.18. The van der Waals surface area contributed by atoms with Gasteiger partial charge in [0.25, 0.3) is 0 Å². The zero-order chi connectivity index (χ0) is 20.5. The number of aromatic amines is 1. The molecule has 1 unspecified atom stereocenters. The van der Waals surface area contributed by atoms with Crippen molar-refractivity contribution in [1.82, 2.24) is 14.9 Å². The Morgan fingerprint density at radius 2 is 2.07 bits per heavy atom. The van der Waals surface area contributed by atoms with Crippen molar-refractivity contribution in [3.05, 3.63) is 53.9 Å². The summed E-state index contributed by atoms with van der Waals surface area (Å²) in [7, 11) is 0. The van der Waals surface area contributed by atoms with Gasteiger partial charge in [0.2, 0.25) is 0 Å². The summed E-state index contributed by atoms with van der Waals surface area (Å²) in [5, 5.41) is 3.76. The van der Waals surface area contributed by atoms with Gasteiger partial charge in [-0.1, -0.05) is 13.0 Å². The Labute approximate surface area is 169 Å². The Balaban J connectivity index is 1.57. The molecule has 1 fully saturated rings. The third-order valence-electron chi connectivity index (χ3n) is 5.61. The summed E-state index contributed by atoms with van der Waals surface area (Å²) in [5.74, 6) is -0.429. The van der Waals surface area contributed by atoms with Crippen LogP contribution in [0.2, 0.25) is 0 Å². The Bertz CT molecular complexity index is 1070. The number of benzene rings is 1. The third-order valence-corrected chi connectivity index (χ3v) is 5.61. The first-order valence-corrected chi connectivity index (χ1v) is 9.83.